The fourth-order valence-electron chi connectivity index (χ4n) is 2.20. The van der Waals surface area contributed by atoms with E-state index in [1.54, 1.807) is 18.2 Å². The Hall–Kier alpha value is -1.76. The second-order valence-corrected chi connectivity index (χ2v) is 7.32. The Morgan fingerprint density at radius 2 is 1.96 bits per heavy atom. The predicted molar refractivity (Wildman–Crippen MR) is 98.8 cm³/mol. The van der Waals surface area contributed by atoms with Crippen LogP contribution in [-0.4, -0.2) is 21.2 Å². The fourth-order valence-corrected chi connectivity index (χ4v) is 3.64. The number of hydrogen-bond donors (Lipinski definition) is 1. The van der Waals surface area contributed by atoms with Crippen LogP contribution < -0.4 is 0 Å². The molecule has 0 unspecified atom stereocenters. The zero-order valence-electron chi connectivity index (χ0n) is 12.2. The van der Waals surface area contributed by atoms with E-state index in [0.29, 0.717) is 10.5 Å². The standard InChI is InChI=1S/C17H11BrClNO3S/c18-12-4-2-1-3-11(12)9-20-16(22)15(24-17(20)23)8-10-5-6-14(21)13(19)7-10/h1-8,21H,9H2/b15-8-. The molecular weight excluding hydrogens is 414 g/mol. The lowest BCUT2D eigenvalue weighted by molar-refractivity contribution is -0.123. The number of phenolic OH excluding ortho intramolecular Hbond substituents is 1. The molecule has 0 aliphatic carbocycles. The normalized spacial score (nSPS) is 16.2. The van der Waals surface area contributed by atoms with E-state index < -0.39 is 0 Å². The average molecular weight is 425 g/mol. The summed E-state index contributed by atoms with van der Waals surface area (Å²) in [5, 5.41) is 9.32. The Labute approximate surface area is 156 Å². The van der Waals surface area contributed by atoms with Gasteiger partial charge in [-0.15, -0.1) is 0 Å². The summed E-state index contributed by atoms with van der Waals surface area (Å²) in [6, 6.07) is 12.1. The third-order valence-corrected chi connectivity index (χ3v) is 5.41. The Morgan fingerprint density at radius 1 is 1.21 bits per heavy atom. The SMILES string of the molecule is O=C1S/C(=C\c2ccc(O)c(Cl)c2)C(=O)N1Cc1ccccc1Br. The largest absolute Gasteiger partial charge is 0.506 e. The van der Waals surface area contributed by atoms with Crippen LogP contribution in [0.4, 0.5) is 4.79 Å². The van der Waals surface area contributed by atoms with Gasteiger partial charge in [-0.2, -0.15) is 0 Å². The maximum absolute atomic E-state index is 12.5. The van der Waals surface area contributed by atoms with Crippen molar-refractivity contribution < 1.29 is 14.7 Å². The molecule has 2 aromatic carbocycles. The van der Waals surface area contributed by atoms with E-state index in [2.05, 4.69) is 15.9 Å². The predicted octanol–water partition coefficient (Wildman–Crippen LogP) is 5.04. The van der Waals surface area contributed by atoms with Crippen molar-refractivity contribution in [2.24, 2.45) is 0 Å². The smallest absolute Gasteiger partial charge is 0.293 e. The fraction of sp³-hybridized carbons (Fsp3) is 0.0588. The van der Waals surface area contributed by atoms with Gasteiger partial charge in [0.1, 0.15) is 5.75 Å². The maximum atomic E-state index is 12.5. The third kappa shape index (κ3) is 3.50. The number of carbonyl (C=O) groups is 2. The van der Waals surface area contributed by atoms with Crippen LogP contribution in [0.25, 0.3) is 6.08 Å². The molecule has 1 heterocycles. The quantitative estimate of drug-likeness (QED) is 0.701. The number of amides is 2. The molecule has 0 spiro atoms. The highest BCUT2D eigenvalue weighted by Gasteiger charge is 2.35. The molecule has 2 aromatic rings. The van der Waals surface area contributed by atoms with Gasteiger partial charge in [0, 0.05) is 4.47 Å². The van der Waals surface area contributed by atoms with Crippen LogP contribution in [0.3, 0.4) is 0 Å². The number of nitrogens with zero attached hydrogens (tertiary/aromatic N) is 1. The van der Waals surface area contributed by atoms with Crippen LogP contribution in [-0.2, 0) is 11.3 Å². The first kappa shape index (κ1) is 17.1. The van der Waals surface area contributed by atoms with Gasteiger partial charge >= 0.3 is 0 Å². The van der Waals surface area contributed by atoms with Crippen LogP contribution in [0.15, 0.2) is 51.8 Å². The van der Waals surface area contributed by atoms with Crippen molar-refractivity contribution in [3.8, 4) is 5.75 Å². The number of carbonyl (C=O) groups excluding carboxylic acids is 2. The number of benzene rings is 2. The number of aromatic hydroxyl groups is 1. The maximum Gasteiger partial charge on any atom is 0.293 e. The van der Waals surface area contributed by atoms with Crippen LogP contribution in [0.5, 0.6) is 5.75 Å². The summed E-state index contributed by atoms with van der Waals surface area (Å²) in [5.74, 6) is -0.374. The van der Waals surface area contributed by atoms with Crippen molar-refractivity contribution in [2.45, 2.75) is 6.54 Å². The molecular formula is C17H11BrClNO3S. The van der Waals surface area contributed by atoms with Crippen molar-refractivity contribution in [3.63, 3.8) is 0 Å². The summed E-state index contributed by atoms with van der Waals surface area (Å²) < 4.78 is 0.846. The van der Waals surface area contributed by atoms with Crippen LogP contribution in [0.1, 0.15) is 11.1 Å². The van der Waals surface area contributed by atoms with E-state index in [9.17, 15) is 14.7 Å². The number of phenols is 1. The van der Waals surface area contributed by atoms with E-state index in [1.165, 1.54) is 11.0 Å². The monoisotopic (exact) mass is 423 g/mol. The molecule has 24 heavy (non-hydrogen) atoms. The zero-order chi connectivity index (χ0) is 17.3. The first-order chi connectivity index (χ1) is 11.5. The number of thioether (sulfide) groups is 1. The number of hydrogen-bond acceptors (Lipinski definition) is 4. The average Bonchev–Trinajstić information content (AvgIpc) is 2.80. The molecule has 1 fully saturated rings. The lowest BCUT2D eigenvalue weighted by Crippen LogP contribution is -2.27. The summed E-state index contributed by atoms with van der Waals surface area (Å²) in [4.78, 5) is 26.2. The second kappa shape index (κ2) is 7.01. The van der Waals surface area contributed by atoms with Crippen molar-refractivity contribution in [2.75, 3.05) is 0 Å². The van der Waals surface area contributed by atoms with Crippen LogP contribution in [0, 0.1) is 0 Å². The van der Waals surface area contributed by atoms with Gasteiger partial charge in [-0.25, -0.2) is 0 Å². The molecule has 2 amide bonds. The molecule has 3 rings (SSSR count). The molecule has 1 aliphatic rings. The van der Waals surface area contributed by atoms with E-state index in [1.807, 2.05) is 24.3 Å². The Morgan fingerprint density at radius 3 is 2.67 bits per heavy atom. The van der Waals surface area contributed by atoms with E-state index >= 15 is 0 Å². The summed E-state index contributed by atoms with van der Waals surface area (Å²) in [6.07, 6.45) is 1.59. The molecule has 122 valence electrons. The number of imide groups is 1. The highest BCUT2D eigenvalue weighted by molar-refractivity contribution is 9.10. The number of halogens is 2. The van der Waals surface area contributed by atoms with Crippen molar-refractivity contribution in [1.29, 1.82) is 0 Å². The van der Waals surface area contributed by atoms with Gasteiger partial charge in [0.15, 0.2) is 0 Å². The molecule has 4 nitrogen and oxygen atoms in total. The van der Waals surface area contributed by atoms with Gasteiger partial charge in [0.05, 0.1) is 16.5 Å². The summed E-state index contributed by atoms with van der Waals surface area (Å²) in [5.41, 5.74) is 1.50. The van der Waals surface area contributed by atoms with E-state index in [4.69, 9.17) is 11.6 Å². The Balaban J connectivity index is 1.84. The first-order valence-electron chi connectivity index (χ1n) is 6.93. The molecule has 1 aliphatic heterocycles. The summed E-state index contributed by atoms with van der Waals surface area (Å²) >= 11 is 10.2. The molecule has 0 radical (unpaired) electrons. The Kier molecular flexibility index (Phi) is 4.99. The van der Waals surface area contributed by atoms with Crippen molar-refractivity contribution >= 4 is 56.5 Å². The molecule has 1 N–H and O–H groups in total. The highest BCUT2D eigenvalue weighted by Crippen LogP contribution is 2.35. The van der Waals surface area contributed by atoms with Crippen LogP contribution >= 0.6 is 39.3 Å². The van der Waals surface area contributed by atoms with Gasteiger partial charge in [0.2, 0.25) is 0 Å². The Bertz CT molecular complexity index is 869. The minimum atomic E-state index is -0.343. The van der Waals surface area contributed by atoms with Gasteiger partial charge in [-0.1, -0.05) is 51.8 Å². The lowest BCUT2D eigenvalue weighted by Gasteiger charge is -2.13. The summed E-state index contributed by atoms with van der Waals surface area (Å²) in [6.45, 7) is 0.208. The lowest BCUT2D eigenvalue weighted by atomic mass is 10.2. The van der Waals surface area contributed by atoms with Crippen LogP contribution in [0.2, 0.25) is 5.02 Å². The molecule has 0 bridgehead atoms. The van der Waals surface area contributed by atoms with Gasteiger partial charge in [-0.05, 0) is 47.2 Å². The van der Waals surface area contributed by atoms with E-state index in [0.717, 1.165) is 21.8 Å². The minimum absolute atomic E-state index is 0.0316. The highest BCUT2D eigenvalue weighted by atomic mass is 79.9. The third-order valence-electron chi connectivity index (χ3n) is 3.43. The second-order valence-electron chi connectivity index (χ2n) is 5.07. The van der Waals surface area contributed by atoms with Gasteiger partial charge in [-0.3, -0.25) is 14.5 Å². The van der Waals surface area contributed by atoms with E-state index in [-0.39, 0.29) is 28.5 Å². The molecule has 7 heteroatoms. The van der Waals surface area contributed by atoms with Gasteiger partial charge in [0.25, 0.3) is 11.1 Å². The first-order valence-corrected chi connectivity index (χ1v) is 8.92. The number of rotatable bonds is 3. The molecule has 0 aromatic heterocycles. The van der Waals surface area contributed by atoms with Gasteiger partial charge < -0.3 is 5.11 Å². The molecule has 0 atom stereocenters. The van der Waals surface area contributed by atoms with Crippen molar-refractivity contribution in [3.05, 3.63) is 68.0 Å². The molecule has 0 saturated carbocycles. The summed E-state index contributed by atoms with van der Waals surface area (Å²) in [7, 11) is 0. The topological polar surface area (TPSA) is 57.6 Å². The zero-order valence-corrected chi connectivity index (χ0v) is 15.4. The molecule has 1 saturated heterocycles. The minimum Gasteiger partial charge on any atom is -0.506 e. The van der Waals surface area contributed by atoms with Crippen molar-refractivity contribution in [1.82, 2.24) is 4.90 Å².